The van der Waals surface area contributed by atoms with Gasteiger partial charge >= 0.3 is 5.97 Å². The second kappa shape index (κ2) is 8.73. The van der Waals surface area contributed by atoms with Crippen LogP contribution in [0.25, 0.3) is 0 Å². The van der Waals surface area contributed by atoms with Crippen LogP contribution in [-0.4, -0.2) is 12.6 Å². The third kappa shape index (κ3) is 7.88. The highest BCUT2D eigenvalue weighted by molar-refractivity contribution is 5.90. The van der Waals surface area contributed by atoms with Crippen LogP contribution in [0.1, 0.15) is 50.5 Å². The van der Waals surface area contributed by atoms with Gasteiger partial charge in [0.15, 0.2) is 0 Å². The monoisotopic (exact) mass is 250 g/mol. The summed E-state index contributed by atoms with van der Waals surface area (Å²) in [7, 11) is 0. The quantitative estimate of drug-likeness (QED) is 0.740. The summed E-state index contributed by atoms with van der Waals surface area (Å²) in [6, 6.07) is 7.46. The van der Waals surface area contributed by atoms with E-state index in [-0.39, 0.29) is 5.97 Å². The summed E-state index contributed by atoms with van der Waals surface area (Å²) in [5, 5.41) is 0. The maximum atomic E-state index is 11.5. The topological polar surface area (TPSA) is 26.3 Å². The Labute approximate surface area is 111 Å². The first kappa shape index (κ1) is 16.7. The van der Waals surface area contributed by atoms with Gasteiger partial charge in [-0.05, 0) is 30.4 Å². The number of hydrogen-bond acceptors (Lipinski definition) is 2. The Balaban J connectivity index is 0.000000631. The maximum absolute atomic E-state index is 11.5. The van der Waals surface area contributed by atoms with Crippen molar-refractivity contribution in [3.8, 4) is 0 Å². The number of benzene rings is 1. The molecule has 0 unspecified atom stereocenters. The number of esters is 1. The van der Waals surface area contributed by atoms with E-state index in [1.165, 1.54) is 0 Å². The minimum atomic E-state index is -0.225. The molecule has 0 spiro atoms. The van der Waals surface area contributed by atoms with Crippen LogP contribution in [-0.2, 0) is 4.74 Å². The van der Waals surface area contributed by atoms with Crippen LogP contribution < -0.4 is 0 Å². The van der Waals surface area contributed by atoms with Gasteiger partial charge in [-0.3, -0.25) is 0 Å². The number of hydrogen-bond donors (Lipinski definition) is 0. The van der Waals surface area contributed by atoms with Crippen LogP contribution in [0, 0.1) is 18.8 Å². The van der Waals surface area contributed by atoms with Gasteiger partial charge in [-0.2, -0.15) is 0 Å². The number of aryl methyl sites for hydroxylation is 1. The molecule has 0 saturated carbocycles. The molecular weight excluding hydrogens is 224 g/mol. The molecule has 0 amide bonds. The molecule has 0 bridgehead atoms. The Kier molecular flexibility index (Phi) is 8.10. The van der Waals surface area contributed by atoms with Crippen molar-refractivity contribution in [3.05, 3.63) is 35.4 Å². The van der Waals surface area contributed by atoms with E-state index in [4.69, 9.17) is 4.74 Å². The van der Waals surface area contributed by atoms with Crippen LogP contribution in [0.5, 0.6) is 0 Å². The van der Waals surface area contributed by atoms with Gasteiger partial charge in [0, 0.05) is 0 Å². The summed E-state index contributed by atoms with van der Waals surface area (Å²) in [6.07, 6.45) is 0. The first-order valence-electron chi connectivity index (χ1n) is 6.57. The lowest BCUT2D eigenvalue weighted by Crippen LogP contribution is -2.11. The Hall–Kier alpha value is -1.31. The van der Waals surface area contributed by atoms with Gasteiger partial charge in [0.2, 0.25) is 0 Å². The molecule has 1 rings (SSSR count). The van der Waals surface area contributed by atoms with Crippen molar-refractivity contribution in [3.63, 3.8) is 0 Å². The molecule has 1 aromatic carbocycles. The molecule has 0 atom stereocenters. The van der Waals surface area contributed by atoms with Crippen LogP contribution in [0.15, 0.2) is 24.3 Å². The number of rotatable bonds is 3. The largest absolute Gasteiger partial charge is 0.462 e. The molecule has 18 heavy (non-hydrogen) atoms. The molecule has 2 heteroatoms. The van der Waals surface area contributed by atoms with Gasteiger partial charge < -0.3 is 4.74 Å². The Morgan fingerprint density at radius 1 is 1.11 bits per heavy atom. The molecule has 1 aromatic rings. The number of carbonyl (C=O) groups is 1. The second-order valence-corrected chi connectivity index (χ2v) is 5.54. The predicted molar refractivity (Wildman–Crippen MR) is 76.8 cm³/mol. The smallest absolute Gasteiger partial charge is 0.338 e. The average Bonchev–Trinajstić information content (AvgIpc) is 2.25. The molecule has 0 aliphatic carbocycles. The van der Waals surface area contributed by atoms with Crippen LogP contribution >= 0.6 is 0 Å². The Morgan fingerprint density at radius 3 is 2.06 bits per heavy atom. The van der Waals surface area contributed by atoms with Gasteiger partial charge in [0.1, 0.15) is 0 Å². The van der Waals surface area contributed by atoms with Crippen molar-refractivity contribution in [2.24, 2.45) is 11.8 Å². The zero-order chi connectivity index (χ0) is 14.1. The highest BCUT2D eigenvalue weighted by Crippen LogP contribution is 2.09. The summed E-state index contributed by atoms with van der Waals surface area (Å²) >= 11 is 0. The van der Waals surface area contributed by atoms with Gasteiger partial charge in [-0.25, -0.2) is 4.79 Å². The molecule has 0 N–H and O–H groups in total. The van der Waals surface area contributed by atoms with Crippen LogP contribution in [0.3, 0.4) is 0 Å². The summed E-state index contributed by atoms with van der Waals surface area (Å²) in [4.78, 5) is 11.5. The van der Waals surface area contributed by atoms with Crippen molar-refractivity contribution in [2.75, 3.05) is 6.61 Å². The molecule has 2 nitrogen and oxygen atoms in total. The normalized spacial score (nSPS) is 10.0. The molecule has 0 saturated heterocycles. The van der Waals surface area contributed by atoms with Crippen molar-refractivity contribution in [2.45, 2.75) is 41.5 Å². The van der Waals surface area contributed by atoms with Gasteiger partial charge in [0.25, 0.3) is 0 Å². The molecule has 0 aliphatic heterocycles. The van der Waals surface area contributed by atoms with E-state index < -0.39 is 0 Å². The lowest BCUT2D eigenvalue weighted by atomic mass is 10.1. The van der Waals surface area contributed by atoms with Crippen LogP contribution in [0.4, 0.5) is 0 Å². The summed E-state index contributed by atoms with van der Waals surface area (Å²) in [5.74, 6) is 0.986. The highest BCUT2D eigenvalue weighted by Gasteiger charge is 2.09. The minimum absolute atomic E-state index is 0.225. The van der Waals surface area contributed by atoms with E-state index >= 15 is 0 Å². The van der Waals surface area contributed by atoms with Crippen molar-refractivity contribution in [1.29, 1.82) is 0 Å². The molecule has 102 valence electrons. The lowest BCUT2D eigenvalue weighted by Gasteiger charge is -2.08. The first-order valence-corrected chi connectivity index (χ1v) is 6.57. The zero-order valence-corrected chi connectivity index (χ0v) is 12.5. The fourth-order valence-electron chi connectivity index (χ4n) is 1.12. The van der Waals surface area contributed by atoms with E-state index in [0.717, 1.165) is 11.5 Å². The van der Waals surface area contributed by atoms with Crippen molar-refractivity contribution < 1.29 is 9.53 Å². The van der Waals surface area contributed by atoms with E-state index in [1.807, 2.05) is 39.0 Å². The van der Waals surface area contributed by atoms with E-state index in [2.05, 4.69) is 20.8 Å². The molecule has 0 fully saturated rings. The summed E-state index contributed by atoms with van der Waals surface area (Å²) < 4.78 is 5.13. The molecule has 0 aliphatic rings. The molecule has 0 heterocycles. The van der Waals surface area contributed by atoms with Gasteiger partial charge in [-0.15, -0.1) is 0 Å². The highest BCUT2D eigenvalue weighted by atomic mass is 16.5. The Morgan fingerprint density at radius 2 is 1.61 bits per heavy atom. The molecule has 0 radical (unpaired) electrons. The third-order valence-electron chi connectivity index (χ3n) is 1.91. The van der Waals surface area contributed by atoms with Gasteiger partial charge in [0.05, 0.1) is 12.2 Å². The standard InChI is InChI=1S/C12H16O2.C4H10/c1-9(2)8-14-12(13)11-7-5-4-6-10(11)3;1-4(2)3/h4-7,9H,8H2,1-3H3;4H,1-3H3. The zero-order valence-electron chi connectivity index (χ0n) is 12.5. The number of ether oxygens (including phenoxy) is 1. The fraction of sp³-hybridized carbons (Fsp3) is 0.562. The summed E-state index contributed by atoms with van der Waals surface area (Å²) in [6.45, 7) is 12.9. The SMILES string of the molecule is CC(C)C.Cc1ccccc1C(=O)OCC(C)C. The van der Waals surface area contributed by atoms with E-state index in [9.17, 15) is 4.79 Å². The minimum Gasteiger partial charge on any atom is -0.462 e. The molecule has 0 aromatic heterocycles. The Bertz CT molecular complexity index is 351. The van der Waals surface area contributed by atoms with Crippen molar-refractivity contribution in [1.82, 2.24) is 0 Å². The van der Waals surface area contributed by atoms with Crippen LogP contribution in [0.2, 0.25) is 0 Å². The lowest BCUT2D eigenvalue weighted by molar-refractivity contribution is 0.0458. The fourth-order valence-corrected chi connectivity index (χ4v) is 1.12. The van der Waals surface area contributed by atoms with E-state index in [0.29, 0.717) is 18.1 Å². The third-order valence-corrected chi connectivity index (χ3v) is 1.91. The number of carbonyl (C=O) groups excluding carboxylic acids is 1. The predicted octanol–water partition coefficient (Wildman–Crippen LogP) is 4.47. The first-order chi connectivity index (χ1) is 8.34. The summed E-state index contributed by atoms with van der Waals surface area (Å²) in [5.41, 5.74) is 1.62. The molecular formula is C16H26O2. The van der Waals surface area contributed by atoms with E-state index in [1.54, 1.807) is 6.07 Å². The average molecular weight is 250 g/mol. The maximum Gasteiger partial charge on any atom is 0.338 e. The van der Waals surface area contributed by atoms with Crippen molar-refractivity contribution >= 4 is 5.97 Å². The van der Waals surface area contributed by atoms with Gasteiger partial charge in [-0.1, -0.05) is 52.8 Å². The second-order valence-electron chi connectivity index (χ2n) is 5.54.